The molecule has 1 aliphatic carbocycles. The highest BCUT2D eigenvalue weighted by Gasteiger charge is 2.41. The van der Waals surface area contributed by atoms with Crippen LogP contribution < -0.4 is 9.44 Å². The summed E-state index contributed by atoms with van der Waals surface area (Å²) < 4.78 is 56.9. The maximum atomic E-state index is 13.1. The van der Waals surface area contributed by atoms with Crippen molar-refractivity contribution in [2.75, 3.05) is 9.44 Å². The van der Waals surface area contributed by atoms with Crippen molar-refractivity contribution in [3.8, 4) is 0 Å². The first-order chi connectivity index (χ1) is 17.7. The molecule has 2 N–H and O–H groups in total. The summed E-state index contributed by atoms with van der Waals surface area (Å²) in [6, 6.07) is 15.0. The van der Waals surface area contributed by atoms with E-state index in [2.05, 4.69) is 9.44 Å². The van der Waals surface area contributed by atoms with E-state index in [9.17, 15) is 26.4 Å². The number of ketones is 2. The Labute approximate surface area is 231 Å². The highest BCUT2D eigenvalue weighted by atomic mass is 35.5. The van der Waals surface area contributed by atoms with Crippen molar-refractivity contribution in [3.63, 3.8) is 0 Å². The molecular weight excluding hydrogens is 571 g/mol. The summed E-state index contributed by atoms with van der Waals surface area (Å²) in [4.78, 5) is 26.1. The van der Waals surface area contributed by atoms with Gasteiger partial charge < -0.3 is 0 Å². The second-order valence-corrected chi connectivity index (χ2v) is 14.0. The van der Waals surface area contributed by atoms with Gasteiger partial charge in [-0.15, -0.1) is 0 Å². The van der Waals surface area contributed by atoms with E-state index in [4.69, 9.17) is 23.2 Å². The molecule has 0 unspecified atom stereocenters. The molecule has 200 valence electrons. The van der Waals surface area contributed by atoms with Crippen LogP contribution in [0.4, 0.5) is 11.4 Å². The van der Waals surface area contributed by atoms with E-state index in [1.807, 2.05) is 0 Å². The second kappa shape index (κ2) is 10.3. The zero-order valence-electron chi connectivity index (χ0n) is 20.4. The average molecular weight is 596 g/mol. The number of hydrogen-bond donors (Lipinski definition) is 2. The van der Waals surface area contributed by atoms with Gasteiger partial charge in [-0.25, -0.2) is 16.8 Å². The minimum absolute atomic E-state index is 0.0132. The van der Waals surface area contributed by atoms with Gasteiger partial charge in [0.25, 0.3) is 20.0 Å². The van der Waals surface area contributed by atoms with Crippen LogP contribution in [-0.4, -0.2) is 28.4 Å². The molecule has 0 heterocycles. The molecule has 38 heavy (non-hydrogen) atoms. The summed E-state index contributed by atoms with van der Waals surface area (Å²) in [7, 11) is -8.17. The SMILES string of the molecule is CC1(C)CC(=O)C(c2cc(NS(=O)(=O)c3ccc(Cl)cc3)ccc2NS(=O)(=O)c2ccc(Cl)cc2)C(=O)C1. The molecule has 1 aliphatic rings. The number of rotatable bonds is 7. The van der Waals surface area contributed by atoms with Gasteiger partial charge in [-0.3, -0.25) is 19.0 Å². The fourth-order valence-corrected chi connectivity index (χ4v) is 6.73. The maximum absolute atomic E-state index is 13.1. The molecule has 0 bridgehead atoms. The van der Waals surface area contributed by atoms with Gasteiger partial charge in [-0.2, -0.15) is 0 Å². The van der Waals surface area contributed by atoms with Gasteiger partial charge in [0.1, 0.15) is 17.5 Å². The number of carbonyl (C=O) groups excluding carboxylic acids is 2. The molecule has 0 spiro atoms. The predicted molar refractivity (Wildman–Crippen MR) is 147 cm³/mol. The first kappa shape index (κ1) is 28.1. The first-order valence-electron chi connectivity index (χ1n) is 11.4. The smallest absolute Gasteiger partial charge is 0.261 e. The number of benzene rings is 3. The van der Waals surface area contributed by atoms with Gasteiger partial charge in [0.05, 0.1) is 15.5 Å². The lowest BCUT2D eigenvalue weighted by Crippen LogP contribution is -2.36. The van der Waals surface area contributed by atoms with Gasteiger partial charge in [0, 0.05) is 28.6 Å². The number of anilines is 2. The van der Waals surface area contributed by atoms with Crippen molar-refractivity contribution >= 4 is 66.2 Å². The van der Waals surface area contributed by atoms with E-state index in [-0.39, 0.29) is 51.1 Å². The number of hydrogen-bond acceptors (Lipinski definition) is 6. The summed E-state index contributed by atoms with van der Waals surface area (Å²) in [5.74, 6) is -2.02. The first-order valence-corrected chi connectivity index (χ1v) is 15.2. The van der Waals surface area contributed by atoms with Crippen LogP contribution >= 0.6 is 23.2 Å². The monoisotopic (exact) mass is 594 g/mol. The Morgan fingerprint density at radius 2 is 1.16 bits per heavy atom. The molecular formula is C26H24Cl2N2O6S2. The molecule has 0 amide bonds. The molecule has 8 nitrogen and oxygen atoms in total. The Hall–Kier alpha value is -2.92. The van der Waals surface area contributed by atoms with E-state index in [1.54, 1.807) is 13.8 Å². The van der Waals surface area contributed by atoms with E-state index in [0.29, 0.717) is 10.0 Å². The van der Waals surface area contributed by atoms with Crippen LogP contribution in [-0.2, 0) is 29.6 Å². The van der Waals surface area contributed by atoms with Crippen molar-refractivity contribution < 1.29 is 26.4 Å². The molecule has 4 rings (SSSR count). The number of halogens is 2. The average Bonchev–Trinajstić information content (AvgIpc) is 2.79. The van der Waals surface area contributed by atoms with Crippen molar-refractivity contribution in [2.45, 2.75) is 42.4 Å². The van der Waals surface area contributed by atoms with Crippen molar-refractivity contribution in [3.05, 3.63) is 82.3 Å². The van der Waals surface area contributed by atoms with Crippen LogP contribution in [0.2, 0.25) is 10.0 Å². The Kier molecular flexibility index (Phi) is 7.64. The molecule has 12 heteroatoms. The molecule has 0 radical (unpaired) electrons. The summed E-state index contributed by atoms with van der Waals surface area (Å²) in [5, 5.41) is 0.712. The van der Waals surface area contributed by atoms with E-state index in [1.165, 1.54) is 66.7 Å². The maximum Gasteiger partial charge on any atom is 0.261 e. The van der Waals surface area contributed by atoms with Gasteiger partial charge in [0.2, 0.25) is 0 Å². The summed E-state index contributed by atoms with van der Waals surface area (Å²) >= 11 is 11.7. The lowest BCUT2D eigenvalue weighted by atomic mass is 9.69. The number of nitrogens with one attached hydrogen (secondary N) is 2. The molecule has 3 aromatic carbocycles. The summed E-state index contributed by atoms with van der Waals surface area (Å²) in [5.41, 5.74) is -0.443. The molecule has 0 saturated heterocycles. The minimum atomic E-state index is -4.13. The van der Waals surface area contributed by atoms with Crippen LogP contribution in [0.15, 0.2) is 76.5 Å². The fourth-order valence-electron chi connectivity index (χ4n) is 4.34. The van der Waals surface area contributed by atoms with E-state index >= 15 is 0 Å². The highest BCUT2D eigenvalue weighted by Crippen LogP contribution is 2.41. The molecule has 0 aliphatic heterocycles. The van der Waals surface area contributed by atoms with Crippen molar-refractivity contribution in [2.24, 2.45) is 5.41 Å². The van der Waals surface area contributed by atoms with Crippen LogP contribution in [0.5, 0.6) is 0 Å². The lowest BCUT2D eigenvalue weighted by molar-refractivity contribution is -0.135. The molecule has 3 aromatic rings. The summed E-state index contributed by atoms with van der Waals surface area (Å²) in [6.45, 7) is 3.61. The lowest BCUT2D eigenvalue weighted by Gasteiger charge is -2.33. The third kappa shape index (κ3) is 6.20. The van der Waals surface area contributed by atoms with E-state index in [0.717, 1.165) is 0 Å². The van der Waals surface area contributed by atoms with Crippen molar-refractivity contribution in [1.29, 1.82) is 0 Å². The minimum Gasteiger partial charge on any atom is -0.298 e. The third-order valence-electron chi connectivity index (χ3n) is 6.06. The van der Waals surface area contributed by atoms with Gasteiger partial charge in [-0.1, -0.05) is 37.0 Å². The van der Waals surface area contributed by atoms with E-state index < -0.39 is 31.4 Å². The third-order valence-corrected chi connectivity index (χ3v) is 9.34. The van der Waals surface area contributed by atoms with Gasteiger partial charge in [0.15, 0.2) is 0 Å². The van der Waals surface area contributed by atoms with Gasteiger partial charge >= 0.3 is 0 Å². The Bertz CT molecular complexity index is 1600. The summed E-state index contributed by atoms with van der Waals surface area (Å²) in [6.07, 6.45) is 0.209. The Balaban J connectivity index is 1.77. The zero-order valence-corrected chi connectivity index (χ0v) is 23.5. The zero-order chi connectivity index (χ0) is 27.9. The predicted octanol–water partition coefficient (Wildman–Crippen LogP) is 5.64. The topological polar surface area (TPSA) is 126 Å². The fraction of sp³-hybridized carbons (Fsp3) is 0.231. The molecule has 0 atom stereocenters. The Morgan fingerprint density at radius 3 is 1.63 bits per heavy atom. The quantitative estimate of drug-likeness (QED) is 0.341. The molecule has 1 saturated carbocycles. The molecule has 1 fully saturated rings. The van der Waals surface area contributed by atoms with Crippen LogP contribution in [0.1, 0.15) is 38.2 Å². The number of Topliss-reactive ketones (excluding diaryl/α,β-unsaturated/α-hetero) is 2. The molecule has 0 aromatic heterocycles. The number of carbonyl (C=O) groups is 2. The number of sulfonamides is 2. The Morgan fingerprint density at radius 1 is 0.711 bits per heavy atom. The van der Waals surface area contributed by atoms with Crippen LogP contribution in [0, 0.1) is 5.41 Å². The largest absolute Gasteiger partial charge is 0.298 e. The van der Waals surface area contributed by atoms with Crippen molar-refractivity contribution in [1.82, 2.24) is 0 Å². The highest BCUT2D eigenvalue weighted by molar-refractivity contribution is 7.93. The van der Waals surface area contributed by atoms with Crippen LogP contribution in [0.3, 0.4) is 0 Å². The van der Waals surface area contributed by atoms with Gasteiger partial charge in [-0.05, 0) is 77.7 Å². The normalized spacial score (nSPS) is 16.3. The standard InChI is InChI=1S/C26H24Cl2N2O6S2/c1-26(2)14-23(31)25(24(32)15-26)21-13-18(29-37(33,34)19-8-3-16(27)4-9-19)7-12-22(21)30-38(35,36)20-10-5-17(28)6-11-20/h3-13,25,29-30H,14-15H2,1-2H3. The van der Waals surface area contributed by atoms with Crippen LogP contribution in [0.25, 0.3) is 0 Å². The second-order valence-electron chi connectivity index (χ2n) is 9.80.